The van der Waals surface area contributed by atoms with Crippen LogP contribution in [0, 0.1) is 12.0 Å². The Morgan fingerprint density at radius 3 is 2.14 bits per heavy atom. The summed E-state index contributed by atoms with van der Waals surface area (Å²) in [6.45, 7) is -0.515. The standard InChI is InChI=1S/C28H22F2N8O16S5/c29-23-12-24(34-28(30)33-23)32-13-1-6-21(58(44,45)46)19(9-13)36-38-26-20(55-53-51-40)11-16-15(27(26)39)3-4-17(31)25(16)37-35-18-5-2-14(10-22(18)59(47,48)49)57(42,43)8-7-50-56-54-52-41/h1-6,9-12,39-41H,7-8,31H2,(H,32,33,34)(H,44,45,46)(H,47,48,49). The van der Waals surface area contributed by atoms with E-state index in [1.807, 2.05) is 0 Å². The number of nitrogen functional groups attached to an aromatic ring is 1. The number of nitrogens with zero attached hydrogens (tertiary/aromatic N) is 6. The number of aromatic hydroxyl groups is 1. The molecule has 0 spiro atoms. The number of aromatic nitrogens is 2. The van der Waals surface area contributed by atoms with Gasteiger partial charge in [-0.25, -0.2) is 18.9 Å². The highest BCUT2D eigenvalue weighted by Crippen LogP contribution is 2.48. The number of nitrogens with two attached hydrogens (primary N) is 1. The predicted molar refractivity (Wildman–Crippen MR) is 197 cm³/mol. The number of anilines is 3. The molecule has 4 aromatic carbocycles. The molecule has 0 atom stereocenters. The lowest BCUT2D eigenvalue weighted by Gasteiger charge is -2.12. The maximum Gasteiger partial charge on any atom is 0.313 e. The summed E-state index contributed by atoms with van der Waals surface area (Å²) < 4.78 is 135. The van der Waals surface area contributed by atoms with Crippen LogP contribution >= 0.6 is 24.4 Å². The van der Waals surface area contributed by atoms with Gasteiger partial charge in [-0.05, 0) is 54.6 Å². The summed E-state index contributed by atoms with van der Waals surface area (Å²) in [5, 5.41) is 53.2. The van der Waals surface area contributed by atoms with Crippen LogP contribution in [0.3, 0.4) is 0 Å². The molecule has 5 aromatic rings. The van der Waals surface area contributed by atoms with Gasteiger partial charge in [-0.3, -0.25) is 13.3 Å². The normalized spacial score (nSPS) is 12.6. The van der Waals surface area contributed by atoms with Crippen molar-refractivity contribution in [2.24, 2.45) is 20.5 Å². The quantitative estimate of drug-likeness (QED) is 0.00570. The molecule has 0 aliphatic carbocycles. The van der Waals surface area contributed by atoms with E-state index in [0.29, 0.717) is 12.1 Å². The second-order valence-electron chi connectivity index (χ2n) is 10.9. The summed E-state index contributed by atoms with van der Waals surface area (Å²) in [5.74, 6) is -3.08. The number of phenols is 1. The lowest BCUT2D eigenvalue weighted by Crippen LogP contribution is -2.12. The van der Waals surface area contributed by atoms with Crippen LogP contribution in [0.4, 0.5) is 48.7 Å². The second-order valence-corrected chi connectivity index (χ2v) is 17.0. The smallest absolute Gasteiger partial charge is 0.313 e. The molecule has 59 heavy (non-hydrogen) atoms. The van der Waals surface area contributed by atoms with E-state index in [9.17, 15) is 48.2 Å². The fraction of sp³-hybridized carbons (Fsp3) is 0.0714. The average molecular weight is 925 g/mol. The maximum atomic E-state index is 13.6. The van der Waals surface area contributed by atoms with Gasteiger partial charge < -0.3 is 16.2 Å². The molecule has 31 heteroatoms. The van der Waals surface area contributed by atoms with Crippen LogP contribution in [-0.4, -0.2) is 72.3 Å². The van der Waals surface area contributed by atoms with Crippen molar-refractivity contribution in [2.45, 2.75) is 19.6 Å². The Kier molecular flexibility index (Phi) is 14.4. The molecule has 8 N–H and O–H groups in total. The molecule has 0 aliphatic heterocycles. The summed E-state index contributed by atoms with van der Waals surface area (Å²) in [6.07, 6.45) is -1.42. The third kappa shape index (κ3) is 11.3. The average Bonchev–Trinajstić information content (AvgIpc) is 3.15. The van der Waals surface area contributed by atoms with Gasteiger partial charge in [0.15, 0.2) is 27.9 Å². The van der Waals surface area contributed by atoms with Crippen molar-refractivity contribution in [1.29, 1.82) is 0 Å². The Bertz CT molecular complexity index is 2790. The van der Waals surface area contributed by atoms with Crippen molar-refractivity contribution in [3.8, 4) is 5.75 Å². The van der Waals surface area contributed by atoms with E-state index in [2.05, 4.69) is 54.5 Å². The monoisotopic (exact) mass is 924 g/mol. The number of phenolic OH excluding ortho intramolecular Hbond substituents is 1. The number of sulfone groups is 1. The molecule has 314 valence electrons. The molecule has 0 amide bonds. The van der Waals surface area contributed by atoms with Gasteiger partial charge in [-0.2, -0.15) is 35.6 Å². The molecule has 0 radical (unpaired) electrons. The molecule has 0 bridgehead atoms. The molecule has 1 heterocycles. The van der Waals surface area contributed by atoms with Crippen LogP contribution in [0.5, 0.6) is 5.75 Å². The lowest BCUT2D eigenvalue weighted by atomic mass is 10.1. The van der Waals surface area contributed by atoms with Gasteiger partial charge in [0.05, 0.1) is 39.9 Å². The molecule has 0 saturated heterocycles. The van der Waals surface area contributed by atoms with Crippen LogP contribution in [0.25, 0.3) is 10.8 Å². The first-order valence-corrected chi connectivity index (χ1v) is 21.0. The highest BCUT2D eigenvalue weighted by molar-refractivity contribution is 7.94. The topological polar surface area (TPSA) is 363 Å². The van der Waals surface area contributed by atoms with Crippen molar-refractivity contribution < 1.29 is 81.7 Å². The van der Waals surface area contributed by atoms with E-state index in [-0.39, 0.29) is 57.1 Å². The third-order valence-corrected chi connectivity index (χ3v) is 11.7. The molecule has 0 fully saturated rings. The fourth-order valence-electron chi connectivity index (χ4n) is 4.75. The van der Waals surface area contributed by atoms with Gasteiger partial charge in [0, 0.05) is 22.5 Å². The van der Waals surface area contributed by atoms with Crippen LogP contribution in [-0.2, 0) is 53.0 Å². The van der Waals surface area contributed by atoms with Crippen molar-refractivity contribution >= 4 is 105 Å². The van der Waals surface area contributed by atoms with Gasteiger partial charge in [-0.15, -0.1) is 29.1 Å². The predicted octanol–water partition coefficient (Wildman–Crippen LogP) is 6.47. The largest absolute Gasteiger partial charge is 0.505 e. The Morgan fingerprint density at radius 1 is 0.763 bits per heavy atom. The first kappa shape index (κ1) is 45.0. The molecule has 5 rings (SSSR count). The number of hydrogen-bond donors (Lipinski definition) is 7. The number of azo groups is 2. The Hall–Kier alpha value is -5.13. The molecular weight excluding hydrogens is 903 g/mol. The van der Waals surface area contributed by atoms with E-state index in [1.54, 1.807) is 0 Å². The summed E-state index contributed by atoms with van der Waals surface area (Å²) in [7, 11) is -14.4. The van der Waals surface area contributed by atoms with Gasteiger partial charge >= 0.3 is 6.08 Å². The van der Waals surface area contributed by atoms with Gasteiger partial charge in [-0.1, -0.05) is 10.1 Å². The van der Waals surface area contributed by atoms with Gasteiger partial charge in [0.25, 0.3) is 20.2 Å². The minimum atomic E-state index is -5.16. The number of benzene rings is 4. The lowest BCUT2D eigenvalue weighted by molar-refractivity contribution is -0.434. The molecular formula is C28H22F2N8O16S5. The molecule has 24 nitrogen and oxygen atoms in total. The van der Waals surface area contributed by atoms with E-state index in [4.69, 9.17) is 20.4 Å². The maximum absolute atomic E-state index is 13.6. The van der Waals surface area contributed by atoms with Crippen molar-refractivity contribution in [3.05, 3.63) is 72.7 Å². The van der Waals surface area contributed by atoms with E-state index in [1.165, 1.54) is 18.2 Å². The Morgan fingerprint density at radius 2 is 1.46 bits per heavy atom. The van der Waals surface area contributed by atoms with Gasteiger partial charge in [0.2, 0.25) is 5.95 Å². The summed E-state index contributed by atoms with van der Waals surface area (Å²) >= 11 is 0.311. The number of nitrogens with one attached hydrogen (secondary N) is 1. The Labute approximate surface area is 337 Å². The van der Waals surface area contributed by atoms with Gasteiger partial charge in [0.1, 0.15) is 38.4 Å². The zero-order chi connectivity index (χ0) is 43.1. The fourth-order valence-corrected chi connectivity index (χ4v) is 8.00. The number of hydrogen-bond acceptors (Lipinski definition) is 24. The van der Waals surface area contributed by atoms with Crippen molar-refractivity contribution in [1.82, 2.24) is 9.97 Å². The van der Waals surface area contributed by atoms with Crippen LogP contribution in [0.2, 0.25) is 0 Å². The van der Waals surface area contributed by atoms with Crippen molar-refractivity contribution in [3.63, 3.8) is 0 Å². The molecule has 1 aromatic heterocycles. The zero-order valence-corrected chi connectivity index (χ0v) is 32.6. The van der Waals surface area contributed by atoms with E-state index >= 15 is 0 Å². The summed E-state index contributed by atoms with van der Waals surface area (Å²) in [6, 6.07) is 9.75. The first-order valence-electron chi connectivity index (χ1n) is 15.1. The summed E-state index contributed by atoms with van der Waals surface area (Å²) in [4.78, 5) is 3.58. The summed E-state index contributed by atoms with van der Waals surface area (Å²) in [5.41, 5.74) is 4.02. The minimum absolute atomic E-state index is 0.0653. The molecule has 0 unspecified atom stereocenters. The van der Waals surface area contributed by atoms with E-state index in [0.717, 1.165) is 30.3 Å². The van der Waals surface area contributed by atoms with E-state index < -0.39 is 97.8 Å². The number of rotatable bonds is 18. The van der Waals surface area contributed by atoms with Crippen LogP contribution in [0.1, 0.15) is 0 Å². The highest BCUT2D eigenvalue weighted by atomic mass is 32.2. The number of fused-ring (bicyclic) bond motifs is 1. The minimum Gasteiger partial charge on any atom is -0.505 e. The third-order valence-electron chi connectivity index (χ3n) is 7.19. The van der Waals surface area contributed by atoms with Crippen LogP contribution < -0.4 is 11.1 Å². The SMILES string of the molecule is Nc1ccc2c(O)c(N=Nc3cc(Nc4cc(F)nc(F)n4)ccc3S(=O)(=O)O)c(SOOO)cc2c1N=Nc1ccc(S(=O)(=O)CCOSOOO)cc1S(=O)(=O)O. The van der Waals surface area contributed by atoms with Crippen molar-refractivity contribution in [2.75, 3.05) is 23.4 Å². The molecule has 0 saturated carbocycles. The molecule has 0 aliphatic rings. The zero-order valence-electron chi connectivity index (χ0n) is 28.5. The number of halogens is 2. The highest BCUT2D eigenvalue weighted by Gasteiger charge is 2.24. The second kappa shape index (κ2) is 18.8. The first-order chi connectivity index (χ1) is 27.8. The van der Waals surface area contributed by atoms with Crippen LogP contribution in [0.15, 0.2) is 101 Å². The Balaban J connectivity index is 1.57.